The zero-order valence-corrected chi connectivity index (χ0v) is 12.6. The summed E-state index contributed by atoms with van der Waals surface area (Å²) < 4.78 is 0. The molecule has 0 aliphatic carbocycles. The lowest BCUT2D eigenvalue weighted by Gasteiger charge is -2.26. The fourth-order valence-electron chi connectivity index (χ4n) is 2.52. The number of nitrogens with zero attached hydrogens (tertiary/aromatic N) is 2. The van der Waals surface area contributed by atoms with Crippen LogP contribution in [0.3, 0.4) is 0 Å². The third-order valence-electron chi connectivity index (χ3n) is 3.73. The van der Waals surface area contributed by atoms with Crippen LogP contribution in [-0.4, -0.2) is 18.1 Å². The van der Waals surface area contributed by atoms with Gasteiger partial charge in [-0.2, -0.15) is 0 Å². The number of unbranched alkanes of at least 4 members (excludes halogenated alkanes) is 2. The van der Waals surface area contributed by atoms with Gasteiger partial charge >= 0.3 is 0 Å². The van der Waals surface area contributed by atoms with Crippen LogP contribution >= 0.6 is 0 Å². The molecule has 0 radical (unpaired) electrons. The molecule has 2 rings (SSSR count). The van der Waals surface area contributed by atoms with E-state index in [4.69, 9.17) is 5.73 Å². The second kappa shape index (κ2) is 7.13. The van der Waals surface area contributed by atoms with Gasteiger partial charge in [0.05, 0.1) is 0 Å². The first-order valence-electron chi connectivity index (χ1n) is 7.65. The highest BCUT2D eigenvalue weighted by atomic mass is 15.1. The Morgan fingerprint density at radius 3 is 2.35 bits per heavy atom. The van der Waals surface area contributed by atoms with E-state index in [1.807, 2.05) is 18.5 Å². The molecule has 0 bridgehead atoms. The van der Waals surface area contributed by atoms with Crippen molar-refractivity contribution in [1.29, 1.82) is 0 Å². The summed E-state index contributed by atoms with van der Waals surface area (Å²) in [6, 6.07) is 6.24. The Morgan fingerprint density at radius 2 is 1.70 bits per heavy atom. The summed E-state index contributed by atoms with van der Waals surface area (Å²) >= 11 is 0. The predicted octanol–water partition coefficient (Wildman–Crippen LogP) is 4.22. The monoisotopic (exact) mass is 271 g/mol. The number of nitrogens with two attached hydrogens (primary N) is 1. The van der Waals surface area contributed by atoms with E-state index in [-0.39, 0.29) is 0 Å². The molecule has 3 nitrogen and oxygen atoms in total. The molecule has 1 aromatic heterocycles. The first-order chi connectivity index (χ1) is 9.77. The SMILES string of the molecule is CCCCN(CCCC)c1ccc(N)c2cnccc12. The fraction of sp³-hybridized carbons (Fsp3) is 0.471. The number of fused-ring (bicyclic) bond motifs is 1. The summed E-state index contributed by atoms with van der Waals surface area (Å²) in [5.74, 6) is 0. The maximum absolute atomic E-state index is 6.07. The van der Waals surface area contributed by atoms with E-state index in [9.17, 15) is 0 Å². The molecule has 3 heteroatoms. The lowest BCUT2D eigenvalue weighted by Crippen LogP contribution is -2.25. The van der Waals surface area contributed by atoms with Crippen LogP contribution in [0, 0.1) is 0 Å². The van der Waals surface area contributed by atoms with E-state index >= 15 is 0 Å². The van der Waals surface area contributed by atoms with Crippen LogP contribution in [0.1, 0.15) is 39.5 Å². The van der Waals surface area contributed by atoms with Gasteiger partial charge in [0.15, 0.2) is 0 Å². The second-order valence-electron chi connectivity index (χ2n) is 5.29. The molecule has 108 valence electrons. The van der Waals surface area contributed by atoms with Crippen molar-refractivity contribution >= 4 is 22.1 Å². The van der Waals surface area contributed by atoms with E-state index in [1.54, 1.807) is 0 Å². The van der Waals surface area contributed by atoms with Crippen LogP contribution in [0.2, 0.25) is 0 Å². The molecule has 0 saturated carbocycles. The van der Waals surface area contributed by atoms with Crippen molar-refractivity contribution in [3.63, 3.8) is 0 Å². The van der Waals surface area contributed by atoms with Crippen molar-refractivity contribution in [3.8, 4) is 0 Å². The minimum absolute atomic E-state index is 0.808. The summed E-state index contributed by atoms with van der Waals surface area (Å²) in [6.07, 6.45) is 8.60. The van der Waals surface area contributed by atoms with Gasteiger partial charge in [0.25, 0.3) is 0 Å². The second-order valence-corrected chi connectivity index (χ2v) is 5.29. The first kappa shape index (κ1) is 14.6. The molecular formula is C17H25N3. The fourth-order valence-corrected chi connectivity index (χ4v) is 2.52. The van der Waals surface area contributed by atoms with E-state index in [0.29, 0.717) is 0 Å². The predicted molar refractivity (Wildman–Crippen MR) is 88.2 cm³/mol. The summed E-state index contributed by atoms with van der Waals surface area (Å²) in [7, 11) is 0. The highest BCUT2D eigenvalue weighted by Crippen LogP contribution is 2.30. The van der Waals surface area contributed by atoms with Gasteiger partial charge in [-0.15, -0.1) is 0 Å². The van der Waals surface area contributed by atoms with E-state index in [2.05, 4.69) is 35.9 Å². The molecule has 1 heterocycles. The van der Waals surface area contributed by atoms with Crippen molar-refractivity contribution in [2.24, 2.45) is 0 Å². The van der Waals surface area contributed by atoms with Gasteiger partial charge in [-0.1, -0.05) is 26.7 Å². The summed E-state index contributed by atoms with van der Waals surface area (Å²) in [6.45, 7) is 6.70. The molecule has 0 fully saturated rings. The van der Waals surface area contributed by atoms with Crippen LogP contribution in [0.25, 0.3) is 10.8 Å². The molecule has 20 heavy (non-hydrogen) atoms. The summed E-state index contributed by atoms with van der Waals surface area (Å²) in [4.78, 5) is 6.69. The largest absolute Gasteiger partial charge is 0.398 e. The van der Waals surface area contributed by atoms with Crippen LogP contribution in [0.4, 0.5) is 11.4 Å². The molecule has 0 amide bonds. The number of benzene rings is 1. The molecule has 0 aliphatic rings. The van der Waals surface area contributed by atoms with E-state index in [0.717, 1.165) is 24.2 Å². The smallest absolute Gasteiger partial charge is 0.0448 e. The number of rotatable bonds is 7. The van der Waals surface area contributed by atoms with Crippen LogP contribution in [0.5, 0.6) is 0 Å². The number of nitrogen functional groups attached to an aromatic ring is 1. The Hall–Kier alpha value is -1.77. The van der Waals surface area contributed by atoms with E-state index in [1.165, 1.54) is 36.8 Å². The quantitative estimate of drug-likeness (QED) is 0.766. The van der Waals surface area contributed by atoms with Gasteiger partial charge in [-0.25, -0.2) is 0 Å². The molecule has 0 atom stereocenters. The van der Waals surface area contributed by atoms with Crippen LogP contribution in [0.15, 0.2) is 30.6 Å². The number of aromatic nitrogens is 1. The molecule has 0 spiro atoms. The van der Waals surface area contributed by atoms with Crippen molar-refractivity contribution in [2.75, 3.05) is 23.7 Å². The van der Waals surface area contributed by atoms with Gasteiger partial charge in [0.2, 0.25) is 0 Å². The van der Waals surface area contributed by atoms with Gasteiger partial charge in [-0.3, -0.25) is 4.98 Å². The zero-order chi connectivity index (χ0) is 14.4. The number of hydrogen-bond donors (Lipinski definition) is 1. The van der Waals surface area contributed by atoms with Crippen LogP contribution in [-0.2, 0) is 0 Å². The zero-order valence-electron chi connectivity index (χ0n) is 12.6. The first-order valence-corrected chi connectivity index (χ1v) is 7.65. The third kappa shape index (κ3) is 3.21. The topological polar surface area (TPSA) is 42.1 Å². The Kier molecular flexibility index (Phi) is 5.22. The molecule has 2 N–H and O–H groups in total. The Morgan fingerprint density at radius 1 is 1.00 bits per heavy atom. The normalized spacial score (nSPS) is 10.9. The van der Waals surface area contributed by atoms with E-state index < -0.39 is 0 Å². The molecule has 1 aromatic carbocycles. The van der Waals surface area contributed by atoms with Gasteiger partial charge in [0.1, 0.15) is 0 Å². The highest BCUT2D eigenvalue weighted by molar-refractivity contribution is 6.00. The number of anilines is 2. The lowest BCUT2D eigenvalue weighted by molar-refractivity contribution is 0.679. The lowest BCUT2D eigenvalue weighted by atomic mass is 10.1. The van der Waals surface area contributed by atoms with Gasteiger partial charge in [-0.05, 0) is 31.0 Å². The maximum Gasteiger partial charge on any atom is 0.0448 e. The van der Waals surface area contributed by atoms with Crippen molar-refractivity contribution in [3.05, 3.63) is 30.6 Å². The Balaban J connectivity index is 2.38. The highest BCUT2D eigenvalue weighted by Gasteiger charge is 2.11. The minimum Gasteiger partial charge on any atom is -0.398 e. The summed E-state index contributed by atoms with van der Waals surface area (Å²) in [5.41, 5.74) is 8.17. The molecule has 0 aliphatic heterocycles. The molecule has 0 unspecified atom stereocenters. The molecular weight excluding hydrogens is 246 g/mol. The van der Waals surface area contributed by atoms with Crippen molar-refractivity contribution in [2.45, 2.75) is 39.5 Å². The molecule has 2 aromatic rings. The minimum atomic E-state index is 0.808. The third-order valence-corrected chi connectivity index (χ3v) is 3.73. The molecule has 0 saturated heterocycles. The Labute approximate surface area is 121 Å². The van der Waals surface area contributed by atoms with Gasteiger partial charge in [0, 0.05) is 47.6 Å². The maximum atomic E-state index is 6.07. The summed E-state index contributed by atoms with van der Waals surface area (Å²) in [5, 5.41) is 2.27. The average Bonchev–Trinajstić information content (AvgIpc) is 2.49. The van der Waals surface area contributed by atoms with Gasteiger partial charge < -0.3 is 10.6 Å². The number of pyridine rings is 1. The standard InChI is InChI=1S/C17H25N3/c1-3-5-11-20(12-6-4-2)17-8-7-16(18)15-13-19-10-9-14(15)17/h7-10,13H,3-6,11-12,18H2,1-2H3. The number of hydrogen-bond acceptors (Lipinski definition) is 3. The van der Waals surface area contributed by atoms with Crippen molar-refractivity contribution < 1.29 is 0 Å². The van der Waals surface area contributed by atoms with Crippen molar-refractivity contribution in [1.82, 2.24) is 4.98 Å². The Bertz CT molecular complexity index is 543. The average molecular weight is 271 g/mol. The van der Waals surface area contributed by atoms with Crippen LogP contribution < -0.4 is 10.6 Å².